The predicted molar refractivity (Wildman–Crippen MR) is 128 cm³/mol. The summed E-state index contributed by atoms with van der Waals surface area (Å²) >= 11 is 0. The molecule has 1 unspecified atom stereocenters. The standard InChI is InChI=1S/C19H17F2N.C5H11N3.C2H4/c1-11-9-15-17(12-3-2-4-12)18(22-19(15)16(21)10-11)13-5-7-14(20)8-6-13;1-8-4-5(2-6)3-7;1-2/h5-10,12,22H,2-4H2,1H3;5,8H,2,4,6H2,1H3;1-2H2. The molecule has 0 aliphatic heterocycles. The average molecular weight is 439 g/mol. The molecule has 3 aromatic rings. The third-order valence-electron chi connectivity index (χ3n) is 5.61. The second-order valence-electron chi connectivity index (χ2n) is 7.84. The Morgan fingerprint density at radius 2 is 1.88 bits per heavy atom. The van der Waals surface area contributed by atoms with E-state index < -0.39 is 0 Å². The van der Waals surface area contributed by atoms with Crippen LogP contribution in [0, 0.1) is 35.8 Å². The Bertz CT molecular complexity index is 1050. The Kier molecular flexibility index (Phi) is 9.58. The molecule has 1 fully saturated rings. The summed E-state index contributed by atoms with van der Waals surface area (Å²) in [5.74, 6) is -0.0361. The lowest BCUT2D eigenvalue weighted by Crippen LogP contribution is -2.24. The number of rotatable bonds is 5. The van der Waals surface area contributed by atoms with Gasteiger partial charge in [0.25, 0.3) is 0 Å². The summed E-state index contributed by atoms with van der Waals surface area (Å²) in [6.07, 6.45) is 3.49. The molecule has 4 rings (SSSR count). The van der Waals surface area contributed by atoms with Crippen molar-refractivity contribution in [2.45, 2.75) is 32.1 Å². The number of nitrogens with one attached hydrogen (secondary N) is 2. The molecule has 170 valence electrons. The van der Waals surface area contributed by atoms with Crippen LogP contribution in [0.2, 0.25) is 0 Å². The zero-order chi connectivity index (χ0) is 23.7. The minimum Gasteiger partial charge on any atom is -0.352 e. The van der Waals surface area contributed by atoms with Crippen LogP contribution in [0.5, 0.6) is 0 Å². The van der Waals surface area contributed by atoms with E-state index in [1.807, 2.05) is 6.92 Å². The van der Waals surface area contributed by atoms with Crippen molar-refractivity contribution in [3.63, 3.8) is 0 Å². The number of nitrogens with zero attached hydrogens (tertiary/aromatic N) is 1. The van der Waals surface area contributed by atoms with Gasteiger partial charge in [-0.3, -0.25) is 0 Å². The van der Waals surface area contributed by atoms with Gasteiger partial charge in [-0.15, -0.1) is 13.2 Å². The summed E-state index contributed by atoms with van der Waals surface area (Å²) < 4.78 is 27.5. The lowest BCUT2D eigenvalue weighted by Gasteiger charge is -2.26. The molecule has 0 bridgehead atoms. The number of hydrogen-bond acceptors (Lipinski definition) is 3. The highest BCUT2D eigenvalue weighted by Gasteiger charge is 2.27. The van der Waals surface area contributed by atoms with Crippen LogP contribution in [0.15, 0.2) is 49.6 Å². The maximum Gasteiger partial charge on any atom is 0.147 e. The number of nitriles is 1. The second kappa shape index (κ2) is 12.1. The molecule has 6 heteroatoms. The van der Waals surface area contributed by atoms with Gasteiger partial charge in [-0.05, 0) is 85.8 Å². The van der Waals surface area contributed by atoms with Crippen LogP contribution in [0.4, 0.5) is 8.78 Å². The molecule has 1 atom stereocenters. The summed E-state index contributed by atoms with van der Waals surface area (Å²) in [5, 5.41) is 12.1. The smallest absolute Gasteiger partial charge is 0.147 e. The largest absolute Gasteiger partial charge is 0.352 e. The SMILES string of the molecule is C=C.CNCC(C#N)CN.Cc1cc(F)c2[nH]c(-c3ccc(F)cc3)c(C3CCC3)c2c1. The lowest BCUT2D eigenvalue weighted by atomic mass is 9.78. The molecular weight excluding hydrogens is 406 g/mol. The first kappa shape index (κ1) is 25.3. The normalized spacial score (nSPS) is 13.8. The number of aryl methyl sites for hydroxylation is 1. The van der Waals surface area contributed by atoms with Gasteiger partial charge in [-0.2, -0.15) is 5.26 Å². The molecule has 0 spiro atoms. The number of halogens is 2. The molecule has 32 heavy (non-hydrogen) atoms. The quantitative estimate of drug-likeness (QED) is 0.441. The number of aromatic amines is 1. The Hall–Kier alpha value is -3.01. The third kappa shape index (κ3) is 5.82. The van der Waals surface area contributed by atoms with E-state index in [-0.39, 0.29) is 17.6 Å². The molecule has 1 aromatic heterocycles. The van der Waals surface area contributed by atoms with Crippen molar-refractivity contribution < 1.29 is 8.78 Å². The molecule has 2 aromatic carbocycles. The Labute approximate surface area is 189 Å². The summed E-state index contributed by atoms with van der Waals surface area (Å²) in [5.41, 5.74) is 9.73. The van der Waals surface area contributed by atoms with Gasteiger partial charge in [0.05, 0.1) is 23.2 Å². The highest BCUT2D eigenvalue weighted by molar-refractivity contribution is 5.92. The van der Waals surface area contributed by atoms with Crippen molar-refractivity contribution in [2.75, 3.05) is 20.1 Å². The minimum atomic E-state index is -0.257. The number of nitrogens with two attached hydrogens (primary N) is 1. The van der Waals surface area contributed by atoms with Gasteiger partial charge in [0.1, 0.15) is 11.6 Å². The maximum absolute atomic E-state index is 14.3. The monoisotopic (exact) mass is 438 g/mol. The summed E-state index contributed by atoms with van der Waals surface area (Å²) in [7, 11) is 1.81. The molecule has 1 saturated carbocycles. The lowest BCUT2D eigenvalue weighted by molar-refractivity contribution is 0.423. The van der Waals surface area contributed by atoms with Gasteiger partial charge in [0.2, 0.25) is 0 Å². The van der Waals surface area contributed by atoms with Crippen LogP contribution in [0.3, 0.4) is 0 Å². The van der Waals surface area contributed by atoms with Crippen molar-refractivity contribution in [3.05, 3.63) is 72.3 Å². The van der Waals surface area contributed by atoms with Gasteiger partial charge in [-0.25, -0.2) is 8.78 Å². The number of hydrogen-bond donors (Lipinski definition) is 3. The van der Waals surface area contributed by atoms with Crippen LogP contribution < -0.4 is 11.1 Å². The number of aromatic nitrogens is 1. The van der Waals surface area contributed by atoms with Crippen molar-refractivity contribution in [3.8, 4) is 17.3 Å². The van der Waals surface area contributed by atoms with Gasteiger partial charge in [0.15, 0.2) is 0 Å². The molecule has 4 nitrogen and oxygen atoms in total. The summed E-state index contributed by atoms with van der Waals surface area (Å²) in [6.45, 7) is 9.04. The molecule has 0 radical (unpaired) electrons. The Morgan fingerprint density at radius 3 is 2.34 bits per heavy atom. The van der Waals surface area contributed by atoms with E-state index in [4.69, 9.17) is 11.0 Å². The first-order chi connectivity index (χ1) is 15.5. The highest BCUT2D eigenvalue weighted by Crippen LogP contribution is 2.45. The van der Waals surface area contributed by atoms with Crippen LogP contribution in [0.25, 0.3) is 22.2 Å². The molecule has 0 amide bonds. The molecule has 1 aliphatic carbocycles. The third-order valence-corrected chi connectivity index (χ3v) is 5.61. The summed E-state index contributed by atoms with van der Waals surface area (Å²) in [4.78, 5) is 3.25. The van der Waals surface area contributed by atoms with E-state index >= 15 is 0 Å². The van der Waals surface area contributed by atoms with Crippen LogP contribution in [-0.4, -0.2) is 25.1 Å². The Balaban J connectivity index is 0.000000311. The van der Waals surface area contributed by atoms with Crippen LogP contribution >= 0.6 is 0 Å². The molecule has 4 N–H and O–H groups in total. The second-order valence-corrected chi connectivity index (χ2v) is 7.84. The zero-order valence-electron chi connectivity index (χ0n) is 18.8. The van der Waals surface area contributed by atoms with E-state index in [0.717, 1.165) is 35.0 Å². The topological polar surface area (TPSA) is 77.6 Å². The Morgan fingerprint density at radius 1 is 1.22 bits per heavy atom. The zero-order valence-corrected chi connectivity index (χ0v) is 18.8. The highest BCUT2D eigenvalue weighted by atomic mass is 19.1. The fraction of sp³-hybridized carbons (Fsp3) is 0.346. The van der Waals surface area contributed by atoms with E-state index in [2.05, 4.69) is 35.6 Å². The van der Waals surface area contributed by atoms with E-state index in [0.29, 0.717) is 24.5 Å². The van der Waals surface area contributed by atoms with E-state index in [1.165, 1.54) is 24.1 Å². The van der Waals surface area contributed by atoms with Crippen molar-refractivity contribution in [1.29, 1.82) is 5.26 Å². The fourth-order valence-corrected chi connectivity index (χ4v) is 3.80. The molecule has 0 saturated heterocycles. The predicted octanol–water partition coefficient (Wildman–Crippen LogP) is 5.80. The summed E-state index contributed by atoms with van der Waals surface area (Å²) in [6, 6.07) is 12.1. The first-order valence-corrected chi connectivity index (χ1v) is 10.8. The van der Waals surface area contributed by atoms with Crippen LogP contribution in [0.1, 0.15) is 36.3 Å². The minimum absolute atomic E-state index is 0.0278. The first-order valence-electron chi connectivity index (χ1n) is 10.8. The van der Waals surface area contributed by atoms with Gasteiger partial charge < -0.3 is 16.0 Å². The number of fused-ring (bicyclic) bond motifs is 1. The van der Waals surface area contributed by atoms with Gasteiger partial charge in [0, 0.05) is 18.5 Å². The van der Waals surface area contributed by atoms with E-state index in [9.17, 15) is 8.78 Å². The number of benzene rings is 2. The fourth-order valence-electron chi connectivity index (χ4n) is 3.80. The van der Waals surface area contributed by atoms with Crippen molar-refractivity contribution >= 4 is 10.9 Å². The van der Waals surface area contributed by atoms with E-state index in [1.54, 1.807) is 25.2 Å². The number of H-pyrrole nitrogens is 1. The van der Waals surface area contributed by atoms with Gasteiger partial charge in [-0.1, -0.05) is 6.42 Å². The molecular formula is C26H32F2N4. The maximum atomic E-state index is 14.3. The van der Waals surface area contributed by atoms with Crippen molar-refractivity contribution in [1.82, 2.24) is 10.3 Å². The molecule has 1 heterocycles. The molecule has 1 aliphatic rings. The average Bonchev–Trinajstić information content (AvgIpc) is 3.12. The van der Waals surface area contributed by atoms with Crippen LogP contribution in [-0.2, 0) is 0 Å². The van der Waals surface area contributed by atoms with Gasteiger partial charge >= 0.3 is 0 Å². The van der Waals surface area contributed by atoms with Crippen molar-refractivity contribution in [2.24, 2.45) is 11.7 Å².